The molecule has 1 aliphatic heterocycles. The fourth-order valence-electron chi connectivity index (χ4n) is 3.66. The molecular weight excluding hydrogens is 374 g/mol. The Morgan fingerprint density at radius 1 is 1.00 bits per heavy atom. The van der Waals surface area contributed by atoms with Crippen molar-refractivity contribution in [3.05, 3.63) is 48.0 Å². The highest BCUT2D eigenvalue weighted by atomic mass is 32.2. The molecule has 6 heteroatoms. The Bertz CT molecular complexity index is 888. The summed E-state index contributed by atoms with van der Waals surface area (Å²) in [6.07, 6.45) is 6.30. The molecule has 1 N–H and O–H groups in total. The Kier molecular flexibility index (Phi) is 5.31. The molecule has 0 unspecified atom stereocenters. The van der Waals surface area contributed by atoms with Crippen LogP contribution >= 0.6 is 11.8 Å². The summed E-state index contributed by atoms with van der Waals surface area (Å²) in [6.45, 7) is 0. The summed E-state index contributed by atoms with van der Waals surface area (Å²) in [5.41, 5.74) is 1.29. The van der Waals surface area contributed by atoms with E-state index < -0.39 is 5.79 Å². The summed E-state index contributed by atoms with van der Waals surface area (Å²) in [5.74, 6) is 0.664. The molecule has 1 fully saturated rings. The minimum atomic E-state index is -0.511. The van der Waals surface area contributed by atoms with Gasteiger partial charge in [0, 0.05) is 47.9 Å². The molecule has 1 saturated carbocycles. The van der Waals surface area contributed by atoms with Crippen LogP contribution in [0.25, 0.3) is 0 Å². The summed E-state index contributed by atoms with van der Waals surface area (Å²) in [6, 6.07) is 12.9. The Balaban J connectivity index is 1.31. The highest BCUT2D eigenvalue weighted by molar-refractivity contribution is 7.98. The number of nitrogens with one attached hydrogen (secondary N) is 1. The second-order valence-electron chi connectivity index (χ2n) is 7.18. The number of ether oxygens (including phenoxy) is 2. The maximum Gasteiger partial charge on any atom is 0.251 e. The van der Waals surface area contributed by atoms with Crippen molar-refractivity contribution < 1.29 is 19.1 Å². The second kappa shape index (κ2) is 7.87. The van der Waals surface area contributed by atoms with Gasteiger partial charge in [-0.15, -0.1) is 11.8 Å². The van der Waals surface area contributed by atoms with E-state index in [0.29, 0.717) is 17.0 Å². The first-order valence-corrected chi connectivity index (χ1v) is 10.8. The van der Waals surface area contributed by atoms with Crippen LogP contribution in [0.1, 0.15) is 48.9 Å². The Morgan fingerprint density at radius 2 is 1.71 bits per heavy atom. The topological polar surface area (TPSA) is 64.6 Å². The van der Waals surface area contributed by atoms with Crippen LogP contribution in [0.3, 0.4) is 0 Å². The van der Waals surface area contributed by atoms with Crippen LogP contribution in [0.15, 0.2) is 47.4 Å². The second-order valence-corrected chi connectivity index (χ2v) is 8.06. The van der Waals surface area contributed by atoms with Gasteiger partial charge in [0.2, 0.25) is 5.91 Å². The minimum Gasteiger partial charge on any atom is -0.448 e. The van der Waals surface area contributed by atoms with Crippen LogP contribution in [-0.4, -0.2) is 23.7 Å². The van der Waals surface area contributed by atoms with Crippen LogP contribution in [-0.2, 0) is 4.79 Å². The highest BCUT2D eigenvalue weighted by Crippen LogP contribution is 2.47. The summed E-state index contributed by atoms with van der Waals surface area (Å²) >= 11 is 1.63. The fraction of sp³-hybridized carbons (Fsp3) is 0.364. The summed E-state index contributed by atoms with van der Waals surface area (Å²) in [4.78, 5) is 25.6. The molecule has 146 valence electrons. The van der Waals surface area contributed by atoms with Gasteiger partial charge < -0.3 is 14.8 Å². The van der Waals surface area contributed by atoms with Crippen molar-refractivity contribution in [1.82, 2.24) is 0 Å². The lowest BCUT2D eigenvalue weighted by Gasteiger charge is -2.21. The molecule has 0 saturated heterocycles. The van der Waals surface area contributed by atoms with E-state index in [9.17, 15) is 9.59 Å². The van der Waals surface area contributed by atoms with Crippen molar-refractivity contribution in [3.63, 3.8) is 0 Å². The van der Waals surface area contributed by atoms with Crippen LogP contribution in [0.2, 0.25) is 0 Å². The van der Waals surface area contributed by atoms with Crippen molar-refractivity contribution in [2.24, 2.45) is 0 Å². The van der Waals surface area contributed by atoms with Crippen molar-refractivity contribution >= 4 is 29.1 Å². The molecule has 2 aliphatic rings. The number of carbonyl (C=O) groups excluding carboxylic acids is 2. The number of benzene rings is 2. The molecule has 4 rings (SSSR count). The van der Waals surface area contributed by atoms with E-state index in [1.165, 1.54) is 0 Å². The highest BCUT2D eigenvalue weighted by Gasteiger charge is 2.44. The zero-order chi connectivity index (χ0) is 19.6. The SMILES string of the molecule is CSc1ccc(C(=O)CCC(=O)Nc2ccc3c(c2)OC2(CCCC2)O3)cc1. The predicted octanol–water partition coefficient (Wildman–Crippen LogP) is 5.05. The minimum absolute atomic E-state index is 0.0309. The summed E-state index contributed by atoms with van der Waals surface area (Å²) < 4.78 is 12.0. The van der Waals surface area contributed by atoms with Crippen molar-refractivity contribution in [1.29, 1.82) is 0 Å². The maximum atomic E-state index is 12.3. The lowest BCUT2D eigenvalue weighted by atomic mass is 10.1. The molecule has 0 bridgehead atoms. The Morgan fingerprint density at radius 3 is 2.43 bits per heavy atom. The number of amides is 1. The van der Waals surface area contributed by atoms with Crippen LogP contribution in [0.5, 0.6) is 11.5 Å². The number of fused-ring (bicyclic) bond motifs is 1. The summed E-state index contributed by atoms with van der Waals surface area (Å²) in [7, 11) is 0. The molecule has 28 heavy (non-hydrogen) atoms. The van der Waals surface area contributed by atoms with Gasteiger partial charge in [0.25, 0.3) is 5.79 Å². The molecule has 0 radical (unpaired) electrons. The van der Waals surface area contributed by atoms with Crippen molar-refractivity contribution in [2.75, 3.05) is 11.6 Å². The lowest BCUT2D eigenvalue weighted by molar-refractivity contribution is -0.116. The third-order valence-electron chi connectivity index (χ3n) is 5.18. The van der Waals surface area contributed by atoms with Crippen molar-refractivity contribution in [3.8, 4) is 11.5 Å². The van der Waals surface area contributed by atoms with E-state index in [2.05, 4.69) is 5.32 Å². The van der Waals surface area contributed by atoms with Gasteiger partial charge in [0.15, 0.2) is 17.3 Å². The standard InChI is InChI=1S/C22H23NO4S/c1-28-17-7-4-15(5-8-17)18(24)9-11-21(25)23-16-6-10-19-20(14-16)27-22(26-19)12-2-3-13-22/h4-8,10,14H,2-3,9,11-13H2,1H3,(H,23,25). The maximum absolute atomic E-state index is 12.3. The van der Waals surface area contributed by atoms with Gasteiger partial charge in [-0.25, -0.2) is 0 Å². The van der Waals surface area contributed by atoms with E-state index in [0.717, 1.165) is 36.3 Å². The molecule has 5 nitrogen and oxygen atoms in total. The van der Waals surface area contributed by atoms with Gasteiger partial charge in [-0.1, -0.05) is 12.1 Å². The lowest BCUT2D eigenvalue weighted by Crippen LogP contribution is -2.34. The van der Waals surface area contributed by atoms with Gasteiger partial charge in [0.05, 0.1) is 0 Å². The number of hydrogen-bond donors (Lipinski definition) is 1. The fourth-order valence-corrected chi connectivity index (χ4v) is 4.07. The third-order valence-corrected chi connectivity index (χ3v) is 5.92. The molecule has 2 aromatic carbocycles. The Labute approximate surface area is 168 Å². The molecule has 1 amide bonds. The van der Waals surface area contributed by atoms with E-state index >= 15 is 0 Å². The van der Waals surface area contributed by atoms with Crippen molar-refractivity contribution in [2.45, 2.75) is 49.2 Å². The molecule has 1 spiro atoms. The van der Waals surface area contributed by atoms with E-state index in [4.69, 9.17) is 9.47 Å². The number of carbonyl (C=O) groups is 2. The van der Waals surface area contributed by atoms with Gasteiger partial charge in [-0.05, 0) is 43.4 Å². The smallest absolute Gasteiger partial charge is 0.251 e. The third kappa shape index (κ3) is 4.02. The number of ketones is 1. The van der Waals surface area contributed by atoms with Crippen LogP contribution in [0.4, 0.5) is 5.69 Å². The molecule has 1 heterocycles. The quantitative estimate of drug-likeness (QED) is 0.546. The first-order chi connectivity index (χ1) is 13.6. The average Bonchev–Trinajstić information content (AvgIpc) is 3.31. The zero-order valence-corrected chi connectivity index (χ0v) is 16.6. The normalized spacial score (nSPS) is 16.3. The predicted molar refractivity (Wildman–Crippen MR) is 109 cm³/mol. The molecule has 2 aromatic rings. The van der Waals surface area contributed by atoms with Gasteiger partial charge in [-0.2, -0.15) is 0 Å². The number of rotatable bonds is 6. The van der Waals surface area contributed by atoms with Gasteiger partial charge in [-0.3, -0.25) is 9.59 Å². The molecule has 0 atom stereocenters. The monoisotopic (exact) mass is 397 g/mol. The van der Waals surface area contributed by atoms with Gasteiger partial charge in [0.1, 0.15) is 0 Å². The Hall–Kier alpha value is -2.47. The first kappa shape index (κ1) is 18.9. The number of Topliss-reactive ketones (excluding diaryl/α,β-unsaturated/α-hetero) is 1. The summed E-state index contributed by atoms with van der Waals surface area (Å²) in [5, 5.41) is 2.85. The first-order valence-electron chi connectivity index (χ1n) is 9.56. The number of anilines is 1. The largest absolute Gasteiger partial charge is 0.448 e. The van der Waals surface area contributed by atoms with Crippen LogP contribution in [0, 0.1) is 0 Å². The van der Waals surface area contributed by atoms with E-state index in [-0.39, 0.29) is 24.5 Å². The number of hydrogen-bond acceptors (Lipinski definition) is 5. The molecule has 0 aromatic heterocycles. The van der Waals surface area contributed by atoms with E-state index in [1.54, 1.807) is 23.9 Å². The van der Waals surface area contributed by atoms with Crippen LogP contribution < -0.4 is 14.8 Å². The number of thioether (sulfide) groups is 1. The molecule has 1 aliphatic carbocycles. The average molecular weight is 397 g/mol. The van der Waals surface area contributed by atoms with Gasteiger partial charge >= 0.3 is 0 Å². The molecular formula is C22H23NO4S. The zero-order valence-electron chi connectivity index (χ0n) is 15.8. The van der Waals surface area contributed by atoms with E-state index in [1.807, 2.05) is 36.6 Å².